The van der Waals surface area contributed by atoms with Crippen LogP contribution in [0.5, 0.6) is 0 Å². The zero-order chi connectivity index (χ0) is 29.9. The first kappa shape index (κ1) is 36.5. The van der Waals surface area contributed by atoms with E-state index in [0.29, 0.717) is 0 Å². The van der Waals surface area contributed by atoms with Gasteiger partial charge in [0.25, 0.3) is 0 Å². The lowest BCUT2D eigenvalue weighted by Crippen LogP contribution is -2.50. The average molecular weight is 695 g/mol. The van der Waals surface area contributed by atoms with E-state index in [-0.39, 0.29) is 24.0 Å². The number of nitrogen functional groups attached to an aromatic ring is 2. The van der Waals surface area contributed by atoms with Gasteiger partial charge in [0.2, 0.25) is 0 Å². The summed E-state index contributed by atoms with van der Waals surface area (Å²) in [6, 6.07) is 18.1. The van der Waals surface area contributed by atoms with Crippen molar-refractivity contribution in [2.45, 2.75) is 83.7 Å². The summed E-state index contributed by atoms with van der Waals surface area (Å²) in [6.07, 6.45) is 12.0. The molecule has 2 aliphatic rings. The monoisotopic (exact) mass is 694 g/mol. The van der Waals surface area contributed by atoms with Crippen LogP contribution in [0.25, 0.3) is 0 Å². The Kier molecular flexibility index (Phi) is 15.2. The molecule has 2 atom stereocenters. The first-order valence-electron chi connectivity index (χ1n) is 16.4. The van der Waals surface area contributed by atoms with Gasteiger partial charge in [0, 0.05) is 48.7 Å². The van der Waals surface area contributed by atoms with Gasteiger partial charge in [-0.3, -0.25) is 0 Å². The van der Waals surface area contributed by atoms with E-state index in [9.17, 15) is 0 Å². The highest BCUT2D eigenvalue weighted by Crippen LogP contribution is 2.27. The molecule has 0 bridgehead atoms. The second-order valence-electron chi connectivity index (χ2n) is 13.7. The number of rotatable bonds is 13. The molecule has 0 spiro atoms. The summed E-state index contributed by atoms with van der Waals surface area (Å²) < 4.78 is 2.32. The lowest BCUT2D eigenvalue weighted by molar-refractivity contribution is -0.912. The summed E-state index contributed by atoms with van der Waals surface area (Å²) in [5, 5.41) is 0. The molecule has 4 N–H and O–H groups in total. The second kappa shape index (κ2) is 17.6. The zero-order valence-electron chi connectivity index (χ0n) is 27.7. The molecular weight excluding hydrogens is 631 g/mol. The first-order chi connectivity index (χ1) is 19.6. The zero-order valence-corrected chi connectivity index (χ0v) is 30.1. The van der Waals surface area contributed by atoms with E-state index in [2.05, 4.69) is 76.1 Å². The number of anilines is 4. The van der Waals surface area contributed by atoms with E-state index in [1.807, 2.05) is 24.3 Å². The van der Waals surface area contributed by atoms with E-state index in [1.165, 1.54) is 108 Å². The maximum Gasteiger partial charge on any atom is 0.108 e. The van der Waals surface area contributed by atoms with E-state index >= 15 is 0 Å². The molecule has 4 rings (SSSR count). The molecule has 7 heteroatoms. The van der Waals surface area contributed by atoms with Gasteiger partial charge in [0.05, 0.1) is 54.4 Å². The molecule has 0 radical (unpaired) electrons. The van der Waals surface area contributed by atoms with E-state index in [0.717, 1.165) is 32.4 Å². The molecule has 2 heterocycles. The molecule has 6 nitrogen and oxygen atoms in total. The number of halogens is 1. The van der Waals surface area contributed by atoms with Crippen LogP contribution >= 0.6 is 24.0 Å². The number of hydrogen-bond donors (Lipinski definition) is 2. The summed E-state index contributed by atoms with van der Waals surface area (Å²) in [5.41, 5.74) is 15.9. The molecule has 42 heavy (non-hydrogen) atoms. The Balaban J connectivity index is 0.000000287. The van der Waals surface area contributed by atoms with Gasteiger partial charge in [-0.1, -0.05) is 33.1 Å². The standard InChI is InChI=1S/C18H32N3.C17H30N3.HI/c1-4-5-6-7-14-21(2,3)18-12-13-20(15-18)17-10-8-16(19)9-11-17;1-4-5-6-13-20(2,3)17-11-12-19(14-17)16-9-7-15(18)8-10-16;/h8-11,18H,4-7,12-15,19H2,1-3H3;7-10,17H,4-6,11-14,18H2,1-3H3;1H/q2*+1;. The number of nitrogens with two attached hydrogens (primary N) is 2. The molecule has 2 fully saturated rings. The topological polar surface area (TPSA) is 58.5 Å². The fraction of sp³-hybridized carbons (Fsp3) is 0.657. The van der Waals surface area contributed by atoms with Gasteiger partial charge in [0.1, 0.15) is 12.1 Å². The fourth-order valence-corrected chi connectivity index (χ4v) is 6.54. The Labute approximate surface area is 275 Å². The van der Waals surface area contributed by atoms with Crippen molar-refractivity contribution in [1.82, 2.24) is 0 Å². The third kappa shape index (κ3) is 11.1. The summed E-state index contributed by atoms with van der Waals surface area (Å²) >= 11 is 0. The summed E-state index contributed by atoms with van der Waals surface area (Å²) in [5.74, 6) is 0. The van der Waals surface area contributed by atoms with Gasteiger partial charge in [-0.2, -0.15) is 0 Å². The van der Waals surface area contributed by atoms with Crippen molar-refractivity contribution in [1.29, 1.82) is 0 Å². The highest BCUT2D eigenvalue weighted by atomic mass is 127. The van der Waals surface area contributed by atoms with Crippen molar-refractivity contribution < 1.29 is 8.97 Å². The van der Waals surface area contributed by atoms with Gasteiger partial charge >= 0.3 is 0 Å². The third-order valence-electron chi connectivity index (χ3n) is 9.75. The Morgan fingerprint density at radius 2 is 0.952 bits per heavy atom. The van der Waals surface area contributed by atoms with Crippen LogP contribution in [0.15, 0.2) is 48.5 Å². The maximum absolute atomic E-state index is 5.78. The molecule has 2 unspecified atom stereocenters. The number of unbranched alkanes of at least 4 members (excludes halogenated alkanes) is 5. The lowest BCUT2D eigenvalue weighted by Gasteiger charge is -2.36. The summed E-state index contributed by atoms with van der Waals surface area (Å²) in [6.45, 7) is 11.8. The highest BCUT2D eigenvalue weighted by molar-refractivity contribution is 14.0. The molecule has 2 aliphatic heterocycles. The predicted molar refractivity (Wildman–Crippen MR) is 196 cm³/mol. The SMILES string of the molecule is CCCCCC[N+](C)(C)C1CCN(c2ccc(N)cc2)C1.CCCCC[N+](C)(C)C1CCN(c2ccc(N)cc2)C1.I. The first-order valence-corrected chi connectivity index (χ1v) is 16.4. The molecule has 2 aromatic rings. The highest BCUT2D eigenvalue weighted by Gasteiger charge is 2.35. The van der Waals surface area contributed by atoms with E-state index in [4.69, 9.17) is 11.5 Å². The Morgan fingerprint density at radius 3 is 1.33 bits per heavy atom. The Hall–Kier alpha value is -1.71. The smallest absolute Gasteiger partial charge is 0.108 e. The van der Waals surface area contributed by atoms with Crippen molar-refractivity contribution in [3.05, 3.63) is 48.5 Å². The normalized spacial score (nSPS) is 18.9. The van der Waals surface area contributed by atoms with Gasteiger partial charge in [0.15, 0.2) is 0 Å². The van der Waals surface area contributed by atoms with Gasteiger partial charge in [-0.05, 0) is 74.2 Å². The molecule has 2 saturated heterocycles. The van der Waals surface area contributed by atoms with Crippen LogP contribution in [0.2, 0.25) is 0 Å². The molecular formula is C35H63IN6+2. The molecule has 0 saturated carbocycles. The number of hydrogen-bond acceptors (Lipinski definition) is 4. The van der Waals surface area contributed by atoms with Crippen LogP contribution in [0.4, 0.5) is 22.7 Å². The van der Waals surface area contributed by atoms with Gasteiger partial charge in [-0.25, -0.2) is 0 Å². The minimum atomic E-state index is 0. The summed E-state index contributed by atoms with van der Waals surface area (Å²) in [7, 11) is 9.60. The van der Waals surface area contributed by atoms with Crippen molar-refractivity contribution in [3.63, 3.8) is 0 Å². The number of nitrogens with zero attached hydrogens (tertiary/aromatic N) is 4. The average Bonchev–Trinajstić information content (AvgIpc) is 3.64. The number of likely N-dealkylation sites (N-methyl/N-ethyl adjacent to an activating group) is 2. The number of quaternary nitrogens is 2. The molecule has 2 aromatic carbocycles. The lowest BCUT2D eigenvalue weighted by atomic mass is 10.1. The minimum Gasteiger partial charge on any atom is -0.399 e. The molecule has 0 amide bonds. The van der Waals surface area contributed by atoms with Crippen LogP contribution in [0.3, 0.4) is 0 Å². The number of benzene rings is 2. The van der Waals surface area contributed by atoms with Crippen molar-refractivity contribution >= 4 is 46.7 Å². The van der Waals surface area contributed by atoms with Gasteiger partial charge in [-0.15, -0.1) is 24.0 Å². The Morgan fingerprint density at radius 1 is 0.595 bits per heavy atom. The van der Waals surface area contributed by atoms with E-state index < -0.39 is 0 Å². The minimum absolute atomic E-state index is 0. The summed E-state index contributed by atoms with van der Waals surface area (Å²) in [4.78, 5) is 5.01. The van der Waals surface area contributed by atoms with Gasteiger partial charge < -0.3 is 30.2 Å². The molecule has 0 aliphatic carbocycles. The van der Waals surface area contributed by atoms with Crippen LogP contribution in [-0.2, 0) is 0 Å². The Bertz CT molecular complexity index is 1010. The molecule has 238 valence electrons. The maximum atomic E-state index is 5.78. The third-order valence-corrected chi connectivity index (χ3v) is 9.75. The van der Waals surface area contributed by atoms with Crippen LogP contribution < -0.4 is 21.3 Å². The van der Waals surface area contributed by atoms with Crippen molar-refractivity contribution in [2.24, 2.45) is 0 Å². The van der Waals surface area contributed by atoms with Crippen LogP contribution in [-0.4, -0.2) is 88.5 Å². The fourth-order valence-electron chi connectivity index (χ4n) is 6.54. The molecule has 0 aromatic heterocycles. The van der Waals surface area contributed by atoms with Crippen molar-refractivity contribution in [2.75, 3.05) is 88.7 Å². The largest absolute Gasteiger partial charge is 0.399 e. The second-order valence-corrected chi connectivity index (χ2v) is 13.7. The van der Waals surface area contributed by atoms with E-state index in [1.54, 1.807) is 0 Å². The van der Waals surface area contributed by atoms with Crippen LogP contribution in [0, 0.1) is 0 Å². The quantitative estimate of drug-likeness (QED) is 0.101. The van der Waals surface area contributed by atoms with Crippen molar-refractivity contribution in [3.8, 4) is 0 Å². The van der Waals surface area contributed by atoms with Crippen LogP contribution in [0.1, 0.15) is 71.6 Å². The predicted octanol–water partition coefficient (Wildman–Crippen LogP) is 7.24.